The molecular formula is C39H77N2+. The predicted molar refractivity (Wildman–Crippen MR) is 184 cm³/mol. The normalized spacial score (nSPS) is 11.6. The van der Waals surface area contributed by atoms with Crippen molar-refractivity contribution in [2.45, 2.75) is 233 Å². The average molecular weight is 574 g/mol. The summed E-state index contributed by atoms with van der Waals surface area (Å²) in [5, 5.41) is 0. The number of aryl methyl sites for hydroxylation is 2. The van der Waals surface area contributed by atoms with Gasteiger partial charge in [0.15, 0.2) is 0 Å². The molecule has 0 aliphatic rings. The lowest BCUT2D eigenvalue weighted by Crippen LogP contribution is -2.37. The zero-order valence-corrected chi connectivity index (χ0v) is 28.9. The highest BCUT2D eigenvalue weighted by Gasteiger charge is 2.16. The van der Waals surface area contributed by atoms with Crippen molar-refractivity contribution in [2.24, 2.45) is 0 Å². The van der Waals surface area contributed by atoms with Crippen LogP contribution in [-0.4, -0.2) is 4.57 Å². The molecule has 1 aromatic heterocycles. The molecule has 0 bridgehead atoms. The summed E-state index contributed by atoms with van der Waals surface area (Å²) < 4.78 is 5.26. The summed E-state index contributed by atoms with van der Waals surface area (Å²) in [6.45, 7) is 9.40. The second-order valence-corrected chi connectivity index (χ2v) is 13.4. The lowest BCUT2D eigenvalue weighted by atomic mass is 10.0. The van der Waals surface area contributed by atoms with E-state index in [-0.39, 0.29) is 0 Å². The van der Waals surface area contributed by atoms with Gasteiger partial charge in [-0.1, -0.05) is 181 Å². The van der Waals surface area contributed by atoms with Crippen LogP contribution in [0.5, 0.6) is 0 Å². The Kier molecular flexibility index (Phi) is 28.6. The molecule has 41 heavy (non-hydrogen) atoms. The number of rotatable bonds is 33. The van der Waals surface area contributed by atoms with Crippen LogP contribution in [0.4, 0.5) is 0 Å². The number of hydrogen-bond acceptors (Lipinski definition) is 0. The lowest BCUT2D eigenvalue weighted by molar-refractivity contribution is -0.704. The zero-order chi connectivity index (χ0) is 29.5. The predicted octanol–water partition coefficient (Wildman–Crippen LogP) is 13.1. The molecule has 0 spiro atoms. The van der Waals surface area contributed by atoms with E-state index in [2.05, 4.69) is 42.3 Å². The first-order valence-electron chi connectivity index (χ1n) is 19.4. The van der Waals surface area contributed by atoms with Gasteiger partial charge in [-0.2, -0.15) is 0 Å². The van der Waals surface area contributed by atoms with Gasteiger partial charge in [0.1, 0.15) is 12.4 Å². The molecule has 2 heteroatoms. The first-order chi connectivity index (χ1) is 20.3. The highest BCUT2D eigenvalue weighted by atomic mass is 15.1. The fraction of sp³-hybridized carbons (Fsp3) is 0.923. The van der Waals surface area contributed by atoms with Gasteiger partial charge >= 0.3 is 0 Å². The van der Waals surface area contributed by atoms with E-state index in [0.717, 1.165) is 0 Å². The van der Waals surface area contributed by atoms with Crippen molar-refractivity contribution in [1.29, 1.82) is 0 Å². The van der Waals surface area contributed by atoms with Crippen molar-refractivity contribution in [3.05, 3.63) is 18.2 Å². The Balaban J connectivity index is 2.29. The first-order valence-corrected chi connectivity index (χ1v) is 19.4. The second kappa shape index (κ2) is 30.7. The Morgan fingerprint density at radius 1 is 0.415 bits per heavy atom. The van der Waals surface area contributed by atoms with E-state index < -0.39 is 0 Å². The van der Waals surface area contributed by atoms with Crippen molar-refractivity contribution < 1.29 is 4.57 Å². The van der Waals surface area contributed by atoms with Crippen LogP contribution in [0.15, 0.2) is 12.4 Å². The van der Waals surface area contributed by atoms with Gasteiger partial charge in [-0.3, -0.25) is 0 Å². The molecule has 1 heterocycles. The molecule has 0 amide bonds. The van der Waals surface area contributed by atoms with E-state index in [1.807, 2.05) is 0 Å². The minimum Gasteiger partial charge on any atom is -0.234 e. The molecule has 0 unspecified atom stereocenters. The largest absolute Gasteiger partial charge is 0.256 e. The van der Waals surface area contributed by atoms with Crippen LogP contribution < -0.4 is 4.57 Å². The van der Waals surface area contributed by atoms with E-state index in [9.17, 15) is 0 Å². The Hall–Kier alpha value is -0.790. The molecule has 2 nitrogen and oxygen atoms in total. The third kappa shape index (κ3) is 23.4. The monoisotopic (exact) mass is 574 g/mol. The molecule has 0 fully saturated rings. The fourth-order valence-corrected chi connectivity index (χ4v) is 6.50. The van der Waals surface area contributed by atoms with Crippen LogP contribution in [0.2, 0.25) is 0 Å². The Morgan fingerprint density at radius 3 is 1.17 bits per heavy atom. The maximum absolute atomic E-state index is 2.63. The van der Waals surface area contributed by atoms with Crippen LogP contribution in [-0.2, 0) is 19.5 Å². The van der Waals surface area contributed by atoms with Gasteiger partial charge in [0.25, 0.3) is 5.82 Å². The minimum absolute atomic E-state index is 1.23. The SMILES string of the molecule is CCCCCCCCCCCCCCc1n(CCCCCCCCCCCCC)cc[n+]1CCCCCCCCC. The summed E-state index contributed by atoms with van der Waals surface area (Å²) in [7, 11) is 0. The molecule has 0 radical (unpaired) electrons. The topological polar surface area (TPSA) is 8.81 Å². The summed E-state index contributed by atoms with van der Waals surface area (Å²) in [6, 6.07) is 0. The summed E-state index contributed by atoms with van der Waals surface area (Å²) in [5.41, 5.74) is 0. The number of nitrogens with zero attached hydrogens (tertiary/aromatic N) is 2. The van der Waals surface area contributed by atoms with Crippen LogP contribution in [0.3, 0.4) is 0 Å². The molecule has 0 atom stereocenters. The Labute approximate surface area is 259 Å². The van der Waals surface area contributed by atoms with Crippen molar-refractivity contribution in [3.63, 3.8) is 0 Å². The third-order valence-electron chi connectivity index (χ3n) is 9.35. The van der Waals surface area contributed by atoms with Crippen LogP contribution in [0.1, 0.15) is 219 Å². The summed E-state index contributed by atoms with van der Waals surface area (Å²) in [6.07, 6.45) is 48.9. The maximum Gasteiger partial charge on any atom is 0.256 e. The number of unbranched alkanes of at least 4 members (excludes halogenated alkanes) is 27. The quantitative estimate of drug-likeness (QED) is 0.0584. The Morgan fingerprint density at radius 2 is 0.756 bits per heavy atom. The van der Waals surface area contributed by atoms with Gasteiger partial charge in [0.2, 0.25) is 0 Å². The molecule has 242 valence electrons. The molecule has 1 rings (SSSR count). The van der Waals surface area contributed by atoms with E-state index in [0.29, 0.717) is 0 Å². The molecule has 0 aliphatic carbocycles. The smallest absolute Gasteiger partial charge is 0.234 e. The van der Waals surface area contributed by atoms with Crippen LogP contribution >= 0.6 is 0 Å². The van der Waals surface area contributed by atoms with E-state index in [1.165, 1.54) is 212 Å². The zero-order valence-electron chi connectivity index (χ0n) is 28.9. The van der Waals surface area contributed by atoms with Crippen molar-refractivity contribution in [1.82, 2.24) is 4.57 Å². The third-order valence-corrected chi connectivity index (χ3v) is 9.35. The molecule has 0 aromatic carbocycles. The summed E-state index contributed by atoms with van der Waals surface area (Å²) in [4.78, 5) is 0. The first kappa shape index (κ1) is 38.2. The molecule has 0 N–H and O–H groups in total. The Bertz CT molecular complexity index is 634. The van der Waals surface area contributed by atoms with Crippen molar-refractivity contribution >= 4 is 0 Å². The van der Waals surface area contributed by atoms with Crippen LogP contribution in [0, 0.1) is 0 Å². The molecular weight excluding hydrogens is 496 g/mol. The standard InChI is InChI=1S/C39H77N2/c1-4-7-10-13-16-18-20-21-23-25-28-31-34-39-40(35-32-29-26-15-12-9-6-3)37-38-41(39)36-33-30-27-24-22-19-17-14-11-8-5-2/h37-38H,4-36H2,1-3H3/q+1. The summed E-state index contributed by atoms with van der Waals surface area (Å²) >= 11 is 0. The van der Waals surface area contributed by atoms with Crippen molar-refractivity contribution in [2.75, 3.05) is 0 Å². The van der Waals surface area contributed by atoms with E-state index in [1.54, 1.807) is 5.82 Å². The van der Waals surface area contributed by atoms with Gasteiger partial charge < -0.3 is 0 Å². The molecule has 0 saturated heterocycles. The minimum atomic E-state index is 1.23. The van der Waals surface area contributed by atoms with E-state index >= 15 is 0 Å². The number of aromatic nitrogens is 2. The second-order valence-electron chi connectivity index (χ2n) is 13.4. The summed E-state index contributed by atoms with van der Waals surface area (Å²) in [5.74, 6) is 1.62. The maximum atomic E-state index is 2.63. The molecule has 0 saturated carbocycles. The molecule has 0 aliphatic heterocycles. The van der Waals surface area contributed by atoms with Gasteiger partial charge in [-0.25, -0.2) is 9.13 Å². The van der Waals surface area contributed by atoms with Gasteiger partial charge in [0.05, 0.1) is 13.1 Å². The number of hydrogen-bond donors (Lipinski definition) is 0. The van der Waals surface area contributed by atoms with Gasteiger partial charge in [-0.15, -0.1) is 0 Å². The van der Waals surface area contributed by atoms with E-state index in [4.69, 9.17) is 0 Å². The lowest BCUT2D eigenvalue weighted by Gasteiger charge is -2.07. The van der Waals surface area contributed by atoms with Gasteiger partial charge in [-0.05, 0) is 32.1 Å². The average Bonchev–Trinajstić information content (AvgIpc) is 3.37. The van der Waals surface area contributed by atoms with Gasteiger partial charge in [0, 0.05) is 6.42 Å². The number of imidazole rings is 1. The van der Waals surface area contributed by atoms with Crippen LogP contribution in [0.25, 0.3) is 0 Å². The highest BCUT2D eigenvalue weighted by Crippen LogP contribution is 2.15. The highest BCUT2D eigenvalue weighted by molar-refractivity contribution is 4.84. The van der Waals surface area contributed by atoms with Crippen molar-refractivity contribution in [3.8, 4) is 0 Å². The fourth-order valence-electron chi connectivity index (χ4n) is 6.50. The molecule has 1 aromatic rings.